The highest BCUT2D eigenvalue weighted by molar-refractivity contribution is 6.04. The number of aromatic carboxylic acids is 1. The molecule has 0 saturated carbocycles. The summed E-state index contributed by atoms with van der Waals surface area (Å²) in [5, 5.41) is 21.1. The van der Waals surface area contributed by atoms with Crippen LogP contribution in [-0.2, 0) is 4.74 Å². The number of carboxylic acids is 1. The Morgan fingerprint density at radius 3 is 2.57 bits per heavy atom. The molecule has 0 fully saturated rings. The van der Waals surface area contributed by atoms with Crippen LogP contribution < -0.4 is 26.2 Å². The summed E-state index contributed by atoms with van der Waals surface area (Å²) in [6.45, 7) is 8.05. The van der Waals surface area contributed by atoms with Crippen molar-refractivity contribution in [2.45, 2.75) is 19.8 Å². The third-order valence-electron chi connectivity index (χ3n) is 6.98. The lowest BCUT2D eigenvalue weighted by molar-refractivity contribution is 0.0690. The Bertz CT molecular complexity index is 1500. The average molecular weight is 600 g/mol. The minimum atomic E-state index is -1.16. The van der Waals surface area contributed by atoms with Gasteiger partial charge in [-0.1, -0.05) is 55.1 Å². The van der Waals surface area contributed by atoms with Crippen LogP contribution in [0.2, 0.25) is 0 Å². The number of ether oxygens (including phenoxy) is 1. The molecule has 4 rings (SSSR count). The molecule has 1 aliphatic rings. The van der Waals surface area contributed by atoms with Crippen LogP contribution in [0.25, 0.3) is 6.08 Å². The number of benzene rings is 2. The van der Waals surface area contributed by atoms with E-state index < -0.39 is 11.9 Å². The van der Waals surface area contributed by atoms with Crippen LogP contribution in [0.1, 0.15) is 46.0 Å². The van der Waals surface area contributed by atoms with Crippen LogP contribution in [0.5, 0.6) is 0 Å². The number of allylic oxidation sites excluding steroid dienone is 1. The summed E-state index contributed by atoms with van der Waals surface area (Å²) in [5.74, 6) is -0.0493. The minimum Gasteiger partial charge on any atom is -0.494 e. The van der Waals surface area contributed by atoms with Crippen LogP contribution >= 0.6 is 0 Å². The standard InChI is InChI=1S/C32H37N7O5/c1-3-33-32(43)38-28-27-29(36-20-35-28)39(21-37-27)17-15-24(16-18-44-22(2)13-14-23-9-5-4-6-10-23)19-34-30(40)25-11-7-8-12-26(25)31(41)42/h4-14,20,24,37H,2-3,15-19,21H2,1H3,(H,34,40)(H,41,42)(H2,33,35,36,38,43)/b14-13+. The van der Waals surface area contributed by atoms with Crippen LogP contribution in [0.4, 0.5) is 22.1 Å². The first-order valence-corrected chi connectivity index (χ1v) is 14.4. The fourth-order valence-electron chi connectivity index (χ4n) is 4.67. The smallest absolute Gasteiger partial charge is 0.336 e. The van der Waals surface area contributed by atoms with Crippen LogP contribution in [-0.4, -0.2) is 65.9 Å². The topological polar surface area (TPSA) is 158 Å². The first-order chi connectivity index (χ1) is 21.4. The van der Waals surface area contributed by atoms with Gasteiger partial charge in [0.25, 0.3) is 5.91 Å². The van der Waals surface area contributed by atoms with Gasteiger partial charge in [-0.25, -0.2) is 19.6 Å². The van der Waals surface area contributed by atoms with E-state index >= 15 is 0 Å². The Morgan fingerprint density at radius 2 is 1.82 bits per heavy atom. The first kappa shape index (κ1) is 31.5. The Hall–Kier alpha value is -5.39. The summed E-state index contributed by atoms with van der Waals surface area (Å²) >= 11 is 0. The average Bonchev–Trinajstić information content (AvgIpc) is 3.45. The second-order valence-corrected chi connectivity index (χ2v) is 10.1. The predicted molar refractivity (Wildman–Crippen MR) is 170 cm³/mol. The molecule has 0 aliphatic carbocycles. The molecule has 0 radical (unpaired) electrons. The van der Waals surface area contributed by atoms with Gasteiger partial charge in [0.15, 0.2) is 11.6 Å². The maximum Gasteiger partial charge on any atom is 0.336 e. The first-order valence-electron chi connectivity index (χ1n) is 14.4. The minimum absolute atomic E-state index is 0.0133. The van der Waals surface area contributed by atoms with Gasteiger partial charge < -0.3 is 30.7 Å². The summed E-state index contributed by atoms with van der Waals surface area (Å²) in [5.41, 5.74) is 1.73. The third-order valence-corrected chi connectivity index (χ3v) is 6.98. The number of fused-ring (bicyclic) bond motifs is 1. The quantitative estimate of drug-likeness (QED) is 0.125. The Kier molecular flexibility index (Phi) is 11.3. The van der Waals surface area contributed by atoms with Crippen LogP contribution in [0, 0.1) is 5.92 Å². The molecular formula is C32H37N7O5. The van der Waals surface area contributed by atoms with E-state index in [1.54, 1.807) is 12.1 Å². The van der Waals surface area contributed by atoms with Gasteiger partial charge in [0.1, 0.15) is 17.8 Å². The molecule has 3 aromatic rings. The predicted octanol–water partition coefficient (Wildman–Crippen LogP) is 4.58. The summed E-state index contributed by atoms with van der Waals surface area (Å²) < 4.78 is 5.87. The number of urea groups is 1. The maximum absolute atomic E-state index is 13.0. The number of nitrogens with zero attached hydrogens (tertiary/aromatic N) is 3. The summed E-state index contributed by atoms with van der Waals surface area (Å²) in [6.07, 6.45) is 6.42. The zero-order chi connectivity index (χ0) is 31.3. The van der Waals surface area contributed by atoms with Crippen molar-refractivity contribution >= 4 is 41.3 Å². The number of carbonyl (C=O) groups is 3. The van der Waals surface area contributed by atoms with Gasteiger partial charge in [0.2, 0.25) is 0 Å². The van der Waals surface area contributed by atoms with E-state index in [1.807, 2.05) is 54.3 Å². The molecule has 12 heteroatoms. The van der Waals surface area contributed by atoms with E-state index in [2.05, 4.69) is 37.8 Å². The molecule has 5 N–H and O–H groups in total. The van der Waals surface area contributed by atoms with E-state index in [9.17, 15) is 19.5 Å². The highest BCUT2D eigenvalue weighted by atomic mass is 16.5. The number of aromatic nitrogens is 2. The second-order valence-electron chi connectivity index (χ2n) is 10.1. The number of amides is 3. The van der Waals surface area contributed by atoms with Crippen molar-refractivity contribution in [3.8, 4) is 0 Å². The molecule has 1 aliphatic heterocycles. The number of hydrogen-bond donors (Lipinski definition) is 5. The SMILES string of the molecule is C=C(/C=C/c1ccccc1)OCCC(CCN1CNc2c(NC(=O)NCC)ncnc21)CNC(=O)c1ccccc1C(=O)O. The van der Waals surface area contributed by atoms with Crippen molar-refractivity contribution in [3.63, 3.8) is 0 Å². The molecule has 0 saturated heterocycles. The van der Waals surface area contributed by atoms with E-state index in [1.165, 1.54) is 18.5 Å². The van der Waals surface area contributed by atoms with Crippen molar-refractivity contribution in [3.05, 3.63) is 96.0 Å². The molecule has 2 aromatic carbocycles. The number of carboxylic acid groups (broad SMARTS) is 1. The van der Waals surface area contributed by atoms with E-state index in [0.29, 0.717) is 68.8 Å². The lowest BCUT2D eigenvalue weighted by Gasteiger charge is -2.23. The van der Waals surface area contributed by atoms with E-state index in [-0.39, 0.29) is 23.1 Å². The number of rotatable bonds is 15. The molecule has 0 spiro atoms. The molecule has 12 nitrogen and oxygen atoms in total. The number of nitrogens with one attached hydrogen (secondary N) is 4. The van der Waals surface area contributed by atoms with Gasteiger partial charge in [-0.05, 0) is 49.5 Å². The van der Waals surface area contributed by atoms with Crippen molar-refractivity contribution in [2.75, 3.05) is 48.4 Å². The van der Waals surface area contributed by atoms with Gasteiger partial charge in [0, 0.05) is 19.6 Å². The summed E-state index contributed by atoms with van der Waals surface area (Å²) in [6, 6.07) is 15.6. The third kappa shape index (κ3) is 8.81. The van der Waals surface area contributed by atoms with E-state index in [0.717, 1.165) is 5.56 Å². The number of anilines is 3. The van der Waals surface area contributed by atoms with Crippen molar-refractivity contribution in [1.82, 2.24) is 20.6 Å². The molecule has 1 aromatic heterocycles. The van der Waals surface area contributed by atoms with Crippen LogP contribution in [0.15, 0.2) is 79.3 Å². The second kappa shape index (κ2) is 15.7. The van der Waals surface area contributed by atoms with Gasteiger partial charge in [-0.3, -0.25) is 10.1 Å². The molecule has 2 heterocycles. The van der Waals surface area contributed by atoms with Gasteiger partial charge in [-0.15, -0.1) is 0 Å². The Labute approximate surface area is 256 Å². The molecule has 230 valence electrons. The summed E-state index contributed by atoms with van der Waals surface area (Å²) in [7, 11) is 0. The maximum atomic E-state index is 13.0. The zero-order valence-electron chi connectivity index (χ0n) is 24.6. The van der Waals surface area contributed by atoms with E-state index in [4.69, 9.17) is 4.74 Å². The van der Waals surface area contributed by atoms with Crippen molar-refractivity contribution in [1.29, 1.82) is 0 Å². The lowest BCUT2D eigenvalue weighted by Crippen LogP contribution is -2.33. The Balaban J connectivity index is 1.39. The Morgan fingerprint density at radius 1 is 1.07 bits per heavy atom. The van der Waals surface area contributed by atoms with Crippen molar-refractivity contribution in [2.24, 2.45) is 5.92 Å². The number of hydrogen-bond acceptors (Lipinski definition) is 8. The monoisotopic (exact) mass is 599 g/mol. The molecule has 3 amide bonds. The molecule has 1 unspecified atom stereocenters. The molecule has 1 atom stereocenters. The largest absolute Gasteiger partial charge is 0.494 e. The molecular weight excluding hydrogens is 562 g/mol. The number of carbonyl (C=O) groups excluding carboxylic acids is 2. The highest BCUT2D eigenvalue weighted by Gasteiger charge is 2.26. The summed E-state index contributed by atoms with van der Waals surface area (Å²) in [4.78, 5) is 47.3. The normalized spacial score (nSPS) is 12.6. The zero-order valence-corrected chi connectivity index (χ0v) is 24.6. The van der Waals surface area contributed by atoms with Gasteiger partial charge >= 0.3 is 12.0 Å². The lowest BCUT2D eigenvalue weighted by atomic mass is 10.0. The van der Waals surface area contributed by atoms with Crippen molar-refractivity contribution < 1.29 is 24.2 Å². The highest BCUT2D eigenvalue weighted by Crippen LogP contribution is 2.34. The molecule has 0 bridgehead atoms. The van der Waals surface area contributed by atoms with Crippen LogP contribution in [0.3, 0.4) is 0 Å². The molecule has 44 heavy (non-hydrogen) atoms. The van der Waals surface area contributed by atoms with Gasteiger partial charge in [0.05, 0.1) is 24.4 Å². The van der Waals surface area contributed by atoms with Gasteiger partial charge in [-0.2, -0.15) is 0 Å². The fourth-order valence-corrected chi connectivity index (χ4v) is 4.67. The fraction of sp³-hybridized carbons (Fsp3) is 0.281.